The lowest BCUT2D eigenvalue weighted by Crippen LogP contribution is -2.45. The van der Waals surface area contributed by atoms with Gasteiger partial charge >= 0.3 is 0 Å². The molecule has 0 bridgehead atoms. The van der Waals surface area contributed by atoms with E-state index in [-0.39, 0.29) is 12.7 Å². The minimum absolute atomic E-state index is 0.115. The molecule has 0 aliphatic carbocycles. The van der Waals surface area contributed by atoms with Crippen molar-refractivity contribution < 1.29 is 14.3 Å². The summed E-state index contributed by atoms with van der Waals surface area (Å²) in [6, 6.07) is 13.8. The lowest BCUT2D eigenvalue weighted by Gasteiger charge is -2.34. The zero-order valence-electron chi connectivity index (χ0n) is 16.3. The van der Waals surface area contributed by atoms with Crippen LogP contribution in [0.5, 0.6) is 11.5 Å². The molecule has 2 aromatic carbocycles. The van der Waals surface area contributed by atoms with E-state index < -0.39 is 0 Å². The van der Waals surface area contributed by atoms with Crippen LogP contribution >= 0.6 is 0 Å². The Morgan fingerprint density at radius 2 is 1.61 bits per heavy atom. The Kier molecular flexibility index (Phi) is 5.78. The normalized spacial score (nSPS) is 16.9. The van der Waals surface area contributed by atoms with Gasteiger partial charge in [0.25, 0.3) is 5.91 Å². The summed E-state index contributed by atoms with van der Waals surface area (Å²) in [6.07, 6.45) is 0. The number of nitrogens with zero attached hydrogens (tertiary/aromatic N) is 2. The molecule has 1 fully saturated rings. The molecule has 28 heavy (non-hydrogen) atoms. The molecule has 1 saturated heterocycles. The van der Waals surface area contributed by atoms with E-state index in [0.717, 1.165) is 44.8 Å². The molecule has 2 aromatic rings. The highest BCUT2D eigenvalue weighted by atomic mass is 16.7. The number of nitrogens with one attached hydrogen (secondary N) is 1. The Balaban J connectivity index is 1.27. The maximum atomic E-state index is 12.4. The molecular formula is C22H27N3O3. The quantitative estimate of drug-likeness (QED) is 0.833. The number of hydrogen-bond acceptors (Lipinski definition) is 5. The van der Waals surface area contributed by atoms with Crippen LogP contribution in [0.25, 0.3) is 0 Å². The van der Waals surface area contributed by atoms with Gasteiger partial charge < -0.3 is 19.7 Å². The first-order valence-electron chi connectivity index (χ1n) is 9.91. The van der Waals surface area contributed by atoms with Crippen molar-refractivity contribution in [2.24, 2.45) is 0 Å². The first-order valence-corrected chi connectivity index (χ1v) is 9.91. The monoisotopic (exact) mass is 381 g/mol. The Morgan fingerprint density at radius 3 is 2.36 bits per heavy atom. The average Bonchev–Trinajstić information content (AvgIpc) is 3.21. The van der Waals surface area contributed by atoms with Gasteiger partial charge in [0, 0.05) is 44.8 Å². The van der Waals surface area contributed by atoms with E-state index >= 15 is 0 Å². The molecule has 2 aliphatic heterocycles. The number of rotatable bonds is 6. The van der Waals surface area contributed by atoms with Gasteiger partial charge in [-0.2, -0.15) is 0 Å². The van der Waals surface area contributed by atoms with Crippen LogP contribution in [0.15, 0.2) is 42.5 Å². The fourth-order valence-electron chi connectivity index (χ4n) is 3.61. The van der Waals surface area contributed by atoms with Gasteiger partial charge in [0.15, 0.2) is 11.5 Å². The number of ether oxygens (including phenoxy) is 2. The minimum Gasteiger partial charge on any atom is -0.454 e. The van der Waals surface area contributed by atoms with E-state index in [0.29, 0.717) is 23.6 Å². The van der Waals surface area contributed by atoms with Crippen molar-refractivity contribution >= 4 is 5.91 Å². The third-order valence-electron chi connectivity index (χ3n) is 5.43. The van der Waals surface area contributed by atoms with Crippen LogP contribution in [0.2, 0.25) is 0 Å². The van der Waals surface area contributed by atoms with Crippen LogP contribution in [0.3, 0.4) is 0 Å². The summed E-state index contributed by atoms with van der Waals surface area (Å²) >= 11 is 0. The molecule has 2 aliphatic rings. The number of carbonyl (C=O) groups excluding carboxylic acids is 1. The number of fused-ring (bicyclic) bond motifs is 1. The Hall–Kier alpha value is -2.57. The van der Waals surface area contributed by atoms with Gasteiger partial charge in [-0.3, -0.25) is 9.69 Å². The number of carbonyl (C=O) groups is 1. The lowest BCUT2D eigenvalue weighted by atomic mass is 10.1. The SMILES string of the molecule is CCN1CCN(Cc2ccc(CNC(=O)c3ccc4c(c3)OCO4)cc2)CC1. The molecule has 0 spiro atoms. The third-order valence-corrected chi connectivity index (χ3v) is 5.43. The summed E-state index contributed by atoms with van der Waals surface area (Å²) in [5.41, 5.74) is 2.98. The molecule has 1 N–H and O–H groups in total. The zero-order valence-corrected chi connectivity index (χ0v) is 16.3. The van der Waals surface area contributed by atoms with Crippen molar-refractivity contribution in [2.75, 3.05) is 39.5 Å². The highest BCUT2D eigenvalue weighted by Gasteiger charge is 2.17. The van der Waals surface area contributed by atoms with Gasteiger partial charge in [-0.1, -0.05) is 31.2 Å². The van der Waals surface area contributed by atoms with Crippen LogP contribution in [-0.2, 0) is 13.1 Å². The van der Waals surface area contributed by atoms with Gasteiger partial charge in [0.05, 0.1) is 0 Å². The molecule has 6 nitrogen and oxygen atoms in total. The summed E-state index contributed by atoms with van der Waals surface area (Å²) in [7, 11) is 0. The first-order chi connectivity index (χ1) is 13.7. The molecule has 4 rings (SSSR count). The Bertz CT molecular complexity index is 814. The summed E-state index contributed by atoms with van der Waals surface area (Å²) in [5, 5.41) is 2.97. The van der Waals surface area contributed by atoms with Crippen molar-refractivity contribution in [3.8, 4) is 11.5 Å². The van der Waals surface area contributed by atoms with E-state index in [9.17, 15) is 4.79 Å². The average molecular weight is 381 g/mol. The zero-order chi connectivity index (χ0) is 19.3. The molecule has 0 aromatic heterocycles. The number of benzene rings is 2. The first kappa shape index (κ1) is 18.8. The van der Waals surface area contributed by atoms with Gasteiger partial charge in [-0.15, -0.1) is 0 Å². The van der Waals surface area contributed by atoms with Gasteiger partial charge in [-0.25, -0.2) is 0 Å². The predicted molar refractivity (Wildman–Crippen MR) is 108 cm³/mol. The summed E-state index contributed by atoms with van der Waals surface area (Å²) < 4.78 is 10.6. The van der Waals surface area contributed by atoms with Crippen LogP contribution in [-0.4, -0.2) is 55.2 Å². The van der Waals surface area contributed by atoms with E-state index in [1.165, 1.54) is 5.56 Å². The number of likely N-dealkylation sites (N-methyl/N-ethyl adjacent to an activating group) is 1. The Labute approximate surface area is 166 Å². The fraction of sp³-hybridized carbons (Fsp3) is 0.409. The van der Waals surface area contributed by atoms with E-state index in [1.54, 1.807) is 18.2 Å². The molecule has 0 radical (unpaired) electrons. The number of amides is 1. The van der Waals surface area contributed by atoms with Gasteiger partial charge in [0.1, 0.15) is 0 Å². The summed E-state index contributed by atoms with van der Waals surface area (Å²) in [6.45, 7) is 9.62. The smallest absolute Gasteiger partial charge is 0.251 e. The van der Waals surface area contributed by atoms with Crippen LogP contribution in [0.1, 0.15) is 28.4 Å². The topological polar surface area (TPSA) is 54.0 Å². The van der Waals surface area contributed by atoms with Crippen molar-refractivity contribution in [3.63, 3.8) is 0 Å². The van der Waals surface area contributed by atoms with Crippen molar-refractivity contribution in [1.29, 1.82) is 0 Å². The Morgan fingerprint density at radius 1 is 0.929 bits per heavy atom. The molecule has 2 heterocycles. The molecular weight excluding hydrogens is 354 g/mol. The van der Waals surface area contributed by atoms with Crippen molar-refractivity contribution in [3.05, 3.63) is 59.2 Å². The van der Waals surface area contributed by atoms with Crippen LogP contribution in [0.4, 0.5) is 0 Å². The van der Waals surface area contributed by atoms with Gasteiger partial charge in [-0.05, 0) is 35.9 Å². The largest absolute Gasteiger partial charge is 0.454 e. The number of piperazine rings is 1. The van der Waals surface area contributed by atoms with E-state index in [4.69, 9.17) is 9.47 Å². The second kappa shape index (κ2) is 8.63. The third kappa shape index (κ3) is 4.46. The van der Waals surface area contributed by atoms with Crippen molar-refractivity contribution in [1.82, 2.24) is 15.1 Å². The molecule has 148 valence electrons. The fourth-order valence-corrected chi connectivity index (χ4v) is 3.61. The van der Waals surface area contributed by atoms with Gasteiger partial charge in [0.2, 0.25) is 6.79 Å². The van der Waals surface area contributed by atoms with Crippen LogP contribution < -0.4 is 14.8 Å². The highest BCUT2D eigenvalue weighted by Crippen LogP contribution is 2.32. The second-order valence-corrected chi connectivity index (χ2v) is 7.28. The lowest BCUT2D eigenvalue weighted by molar-refractivity contribution is 0.0950. The highest BCUT2D eigenvalue weighted by molar-refractivity contribution is 5.94. The minimum atomic E-state index is -0.115. The predicted octanol–water partition coefficient (Wildman–Crippen LogP) is 2.48. The summed E-state index contributed by atoms with van der Waals surface area (Å²) in [5.74, 6) is 1.19. The standard InChI is InChI=1S/C22H27N3O3/c1-2-24-9-11-25(12-10-24)15-18-5-3-17(4-6-18)14-23-22(26)19-7-8-20-21(13-19)28-16-27-20/h3-8,13H,2,9-12,14-16H2,1H3,(H,23,26). The number of hydrogen-bond donors (Lipinski definition) is 1. The molecule has 1 amide bonds. The molecule has 0 atom stereocenters. The maximum Gasteiger partial charge on any atom is 0.251 e. The van der Waals surface area contributed by atoms with Crippen LogP contribution in [0, 0.1) is 0 Å². The molecule has 0 saturated carbocycles. The van der Waals surface area contributed by atoms with E-state index in [2.05, 4.69) is 46.3 Å². The molecule has 6 heteroatoms. The van der Waals surface area contributed by atoms with E-state index in [1.807, 2.05) is 0 Å². The molecule has 0 unspecified atom stereocenters. The summed E-state index contributed by atoms with van der Waals surface area (Å²) in [4.78, 5) is 17.4. The van der Waals surface area contributed by atoms with Crippen molar-refractivity contribution in [2.45, 2.75) is 20.0 Å². The maximum absolute atomic E-state index is 12.4. The second-order valence-electron chi connectivity index (χ2n) is 7.28.